The minimum atomic E-state index is 0.126. The average molecular weight is 227 g/mol. The minimum absolute atomic E-state index is 0.126. The van der Waals surface area contributed by atoms with Gasteiger partial charge in [-0.15, -0.1) is 0 Å². The van der Waals surface area contributed by atoms with Gasteiger partial charge in [-0.3, -0.25) is 0 Å². The molecule has 0 amide bonds. The van der Waals surface area contributed by atoms with Crippen LogP contribution in [-0.4, -0.2) is 18.7 Å². The Hall–Kier alpha value is -0.930. The van der Waals surface area contributed by atoms with Crippen molar-refractivity contribution < 1.29 is 4.74 Å². The largest absolute Gasteiger partial charge is 0.486 e. The second-order valence-corrected chi connectivity index (χ2v) is 4.24. The van der Waals surface area contributed by atoms with Crippen LogP contribution >= 0.6 is 11.6 Å². The number of fused-ring (bicyclic) bond motifs is 1. The number of hydrogen-bond acceptors (Lipinski definition) is 3. The lowest BCUT2D eigenvalue weighted by Gasteiger charge is -2.33. The van der Waals surface area contributed by atoms with Gasteiger partial charge in [0.2, 0.25) is 0 Å². The molecule has 2 rings (SSSR count). The summed E-state index contributed by atoms with van der Waals surface area (Å²) in [5, 5.41) is 4.07. The van der Waals surface area contributed by atoms with Crippen molar-refractivity contribution in [1.29, 1.82) is 0 Å². The fraction of sp³-hybridized carbons (Fsp3) is 0.455. The molecule has 0 fully saturated rings. The Balaban J connectivity index is 2.22. The Bertz CT molecular complexity index is 356. The van der Waals surface area contributed by atoms with Crippen molar-refractivity contribution in [1.82, 2.24) is 0 Å². The smallest absolute Gasteiger partial charge is 0.144 e. The monoisotopic (exact) mass is 226 g/mol. The maximum atomic E-state index is 5.91. The summed E-state index contributed by atoms with van der Waals surface area (Å²) in [6.45, 7) is 2.73. The van der Waals surface area contributed by atoms with Gasteiger partial charge in [0.1, 0.15) is 11.9 Å². The summed E-state index contributed by atoms with van der Waals surface area (Å²) < 4.78 is 5.84. The Morgan fingerprint density at radius 2 is 2.33 bits per heavy atom. The molecular weight excluding hydrogens is 212 g/mol. The van der Waals surface area contributed by atoms with Gasteiger partial charge in [0.15, 0.2) is 0 Å². The van der Waals surface area contributed by atoms with Crippen molar-refractivity contribution >= 4 is 17.3 Å². The first-order chi connectivity index (χ1) is 7.20. The quantitative estimate of drug-likeness (QED) is 0.813. The number of benzene rings is 1. The molecule has 3 nitrogen and oxygen atoms in total. The zero-order valence-corrected chi connectivity index (χ0v) is 9.42. The second-order valence-electron chi connectivity index (χ2n) is 3.81. The van der Waals surface area contributed by atoms with Crippen LogP contribution < -0.4 is 15.8 Å². The standard InChI is InChI=1S/C11H15ClN2O/c1-7-10(4-5-13)15-11-6-8(12)2-3-9(11)14-7/h2-3,6-7,10,14H,4-5,13H2,1H3. The van der Waals surface area contributed by atoms with Crippen LogP contribution in [0.4, 0.5) is 5.69 Å². The van der Waals surface area contributed by atoms with E-state index in [2.05, 4.69) is 12.2 Å². The van der Waals surface area contributed by atoms with E-state index in [0.717, 1.165) is 17.9 Å². The molecule has 1 aliphatic rings. The van der Waals surface area contributed by atoms with Crippen LogP contribution in [0.2, 0.25) is 5.02 Å². The summed E-state index contributed by atoms with van der Waals surface area (Å²) in [5.74, 6) is 0.819. The number of anilines is 1. The number of hydrogen-bond donors (Lipinski definition) is 2. The molecule has 0 radical (unpaired) electrons. The highest BCUT2D eigenvalue weighted by atomic mass is 35.5. The highest BCUT2D eigenvalue weighted by molar-refractivity contribution is 6.30. The molecule has 0 bridgehead atoms. The first-order valence-corrected chi connectivity index (χ1v) is 5.51. The molecule has 82 valence electrons. The van der Waals surface area contributed by atoms with Crippen LogP contribution in [0.15, 0.2) is 18.2 Å². The lowest BCUT2D eigenvalue weighted by atomic mass is 10.1. The third-order valence-corrected chi connectivity index (χ3v) is 2.85. The maximum Gasteiger partial charge on any atom is 0.144 e. The molecule has 2 atom stereocenters. The zero-order valence-electron chi connectivity index (χ0n) is 8.66. The van der Waals surface area contributed by atoms with Crippen molar-refractivity contribution in [3.63, 3.8) is 0 Å². The lowest BCUT2D eigenvalue weighted by Crippen LogP contribution is -2.40. The van der Waals surface area contributed by atoms with E-state index in [4.69, 9.17) is 22.1 Å². The number of nitrogens with two attached hydrogens (primary N) is 1. The molecule has 4 heteroatoms. The molecule has 2 unspecified atom stereocenters. The van der Waals surface area contributed by atoms with Crippen molar-refractivity contribution in [3.05, 3.63) is 23.2 Å². The Morgan fingerprint density at radius 1 is 1.53 bits per heavy atom. The molecular formula is C11H15ClN2O. The molecule has 0 aliphatic carbocycles. The van der Waals surface area contributed by atoms with Crippen LogP contribution in [-0.2, 0) is 0 Å². The Labute approximate surface area is 94.6 Å². The van der Waals surface area contributed by atoms with Crippen molar-refractivity contribution in [2.75, 3.05) is 11.9 Å². The van der Waals surface area contributed by atoms with Crippen LogP contribution in [0.25, 0.3) is 0 Å². The first kappa shape index (κ1) is 10.6. The first-order valence-electron chi connectivity index (χ1n) is 5.13. The predicted octanol–water partition coefficient (Wildman–Crippen LogP) is 2.25. The van der Waals surface area contributed by atoms with Gasteiger partial charge in [-0.05, 0) is 32.0 Å². The van der Waals surface area contributed by atoms with Crippen molar-refractivity contribution in [3.8, 4) is 5.75 Å². The number of nitrogens with one attached hydrogen (secondary N) is 1. The Kier molecular flexibility index (Phi) is 3.03. The van der Waals surface area contributed by atoms with E-state index >= 15 is 0 Å². The fourth-order valence-electron chi connectivity index (χ4n) is 1.79. The number of ether oxygens (including phenoxy) is 1. The van der Waals surface area contributed by atoms with Crippen LogP contribution in [0.1, 0.15) is 13.3 Å². The molecule has 1 aromatic rings. The molecule has 15 heavy (non-hydrogen) atoms. The topological polar surface area (TPSA) is 47.3 Å². The summed E-state index contributed by atoms with van der Waals surface area (Å²) in [6, 6.07) is 5.90. The van der Waals surface area contributed by atoms with Gasteiger partial charge in [0.05, 0.1) is 11.7 Å². The normalized spacial score (nSPS) is 23.9. The van der Waals surface area contributed by atoms with Crippen molar-refractivity contribution in [2.24, 2.45) is 5.73 Å². The molecule has 0 spiro atoms. The third kappa shape index (κ3) is 2.19. The van der Waals surface area contributed by atoms with Crippen LogP contribution in [0, 0.1) is 0 Å². The second kappa shape index (κ2) is 4.29. The van der Waals surface area contributed by atoms with Gasteiger partial charge in [-0.2, -0.15) is 0 Å². The molecule has 0 saturated heterocycles. The third-order valence-electron chi connectivity index (χ3n) is 2.61. The fourth-order valence-corrected chi connectivity index (χ4v) is 1.95. The summed E-state index contributed by atoms with van der Waals surface area (Å²) in [7, 11) is 0. The molecule has 3 N–H and O–H groups in total. The summed E-state index contributed by atoms with van der Waals surface area (Å²) in [4.78, 5) is 0. The van der Waals surface area contributed by atoms with Gasteiger partial charge in [0.25, 0.3) is 0 Å². The molecule has 1 aromatic carbocycles. The van der Waals surface area contributed by atoms with E-state index in [9.17, 15) is 0 Å². The molecule has 0 saturated carbocycles. The van der Waals surface area contributed by atoms with Gasteiger partial charge in [-0.1, -0.05) is 11.6 Å². The maximum absolute atomic E-state index is 5.91. The van der Waals surface area contributed by atoms with Crippen molar-refractivity contribution in [2.45, 2.75) is 25.5 Å². The van der Waals surface area contributed by atoms with E-state index in [0.29, 0.717) is 11.6 Å². The van der Waals surface area contributed by atoms with Crippen LogP contribution in [0.3, 0.4) is 0 Å². The summed E-state index contributed by atoms with van der Waals surface area (Å²) >= 11 is 5.91. The predicted molar refractivity (Wildman–Crippen MR) is 62.6 cm³/mol. The molecule has 1 heterocycles. The number of rotatable bonds is 2. The van der Waals surface area contributed by atoms with Gasteiger partial charge in [-0.25, -0.2) is 0 Å². The molecule has 0 aromatic heterocycles. The van der Waals surface area contributed by atoms with E-state index in [1.54, 1.807) is 0 Å². The average Bonchev–Trinajstić information content (AvgIpc) is 2.20. The van der Waals surface area contributed by atoms with E-state index in [1.165, 1.54) is 0 Å². The highest BCUT2D eigenvalue weighted by Crippen LogP contribution is 2.34. The van der Waals surface area contributed by atoms with Gasteiger partial charge < -0.3 is 15.8 Å². The lowest BCUT2D eigenvalue weighted by molar-refractivity contribution is 0.167. The SMILES string of the molecule is CC1Nc2ccc(Cl)cc2OC1CCN. The highest BCUT2D eigenvalue weighted by Gasteiger charge is 2.25. The number of halogens is 1. The van der Waals surface area contributed by atoms with E-state index in [1.807, 2.05) is 18.2 Å². The summed E-state index contributed by atoms with van der Waals surface area (Å²) in [6.07, 6.45) is 0.973. The van der Waals surface area contributed by atoms with Gasteiger partial charge >= 0.3 is 0 Å². The van der Waals surface area contributed by atoms with Gasteiger partial charge in [0, 0.05) is 11.1 Å². The van der Waals surface area contributed by atoms with Crippen LogP contribution in [0.5, 0.6) is 5.75 Å². The molecule has 1 aliphatic heterocycles. The van der Waals surface area contributed by atoms with E-state index < -0.39 is 0 Å². The Morgan fingerprint density at radius 3 is 3.07 bits per heavy atom. The van der Waals surface area contributed by atoms with E-state index in [-0.39, 0.29) is 12.1 Å². The minimum Gasteiger partial charge on any atom is -0.486 e. The summed E-state index contributed by atoms with van der Waals surface area (Å²) in [5.41, 5.74) is 6.54. The zero-order chi connectivity index (χ0) is 10.8.